The second-order valence-corrected chi connectivity index (χ2v) is 6.68. The highest BCUT2D eigenvalue weighted by molar-refractivity contribution is 7.86. The number of rotatable bonds is 1. The van der Waals surface area contributed by atoms with Crippen molar-refractivity contribution in [1.82, 2.24) is 0 Å². The Labute approximate surface area is 115 Å². The Morgan fingerprint density at radius 1 is 1.11 bits per heavy atom. The molecule has 1 aliphatic heterocycles. The molecule has 2 atom stereocenters. The second-order valence-electron chi connectivity index (χ2n) is 5.10. The van der Waals surface area contributed by atoms with E-state index in [2.05, 4.69) is 50.3 Å². The van der Waals surface area contributed by atoms with Gasteiger partial charge in [-0.25, -0.2) is 0 Å². The smallest absolute Gasteiger partial charge is 0.0608 e. The largest absolute Gasteiger partial charge is 0.412 e. The Hall–Kier alpha value is -1.45. The van der Waals surface area contributed by atoms with Crippen LogP contribution < -0.4 is 0 Å². The Balaban J connectivity index is 0.00000133. The van der Waals surface area contributed by atoms with E-state index in [-0.39, 0.29) is 10.7 Å². The van der Waals surface area contributed by atoms with E-state index in [4.69, 9.17) is 0 Å². The fourth-order valence-corrected chi connectivity index (χ4v) is 4.04. The first-order valence-corrected chi connectivity index (χ1v) is 7.49. The molecule has 0 radical (unpaired) electrons. The first-order chi connectivity index (χ1) is 8.66. The molecule has 100 valence electrons. The highest BCUT2D eigenvalue weighted by atomic mass is 32.2. The van der Waals surface area contributed by atoms with Crippen molar-refractivity contribution in [3.05, 3.63) is 48.0 Å². The maximum atomic E-state index is 12.6. The van der Waals surface area contributed by atoms with Crippen molar-refractivity contribution in [2.24, 2.45) is 5.92 Å². The molecule has 1 aliphatic rings. The van der Waals surface area contributed by atoms with Crippen LogP contribution in [0.5, 0.6) is 0 Å². The summed E-state index contributed by atoms with van der Waals surface area (Å²) in [6.45, 7) is 4.25. The number of benzene rings is 2. The van der Waals surface area contributed by atoms with E-state index in [0.717, 1.165) is 10.5 Å². The maximum absolute atomic E-state index is 12.6. The molecule has 0 aromatic heterocycles. The molecular formula is C16H18O2S. The van der Waals surface area contributed by atoms with Gasteiger partial charge in [0.2, 0.25) is 0 Å². The Morgan fingerprint density at radius 3 is 2.37 bits per heavy atom. The monoisotopic (exact) mass is 274 g/mol. The summed E-state index contributed by atoms with van der Waals surface area (Å²) in [7, 11) is -0.926. The van der Waals surface area contributed by atoms with Gasteiger partial charge in [0.25, 0.3) is 0 Å². The zero-order chi connectivity index (χ0) is 12.7. The minimum Gasteiger partial charge on any atom is -0.412 e. The average Bonchev–Trinajstić information content (AvgIpc) is 2.37. The van der Waals surface area contributed by atoms with E-state index in [0.29, 0.717) is 5.92 Å². The lowest BCUT2D eigenvalue weighted by Gasteiger charge is -2.22. The maximum Gasteiger partial charge on any atom is 0.0608 e. The molecule has 2 nitrogen and oxygen atoms in total. The molecule has 19 heavy (non-hydrogen) atoms. The lowest BCUT2D eigenvalue weighted by molar-refractivity contribution is 0.629. The van der Waals surface area contributed by atoms with Crippen LogP contribution in [0.4, 0.5) is 0 Å². The number of hydrogen-bond acceptors (Lipinski definition) is 1. The third-order valence-corrected chi connectivity index (χ3v) is 5.45. The van der Waals surface area contributed by atoms with Crippen molar-refractivity contribution in [3.8, 4) is 0 Å². The van der Waals surface area contributed by atoms with Crippen molar-refractivity contribution in [3.63, 3.8) is 0 Å². The van der Waals surface area contributed by atoms with E-state index in [1.54, 1.807) is 0 Å². The summed E-state index contributed by atoms with van der Waals surface area (Å²) in [5.41, 5.74) is 1.10. The molecule has 0 amide bonds. The summed E-state index contributed by atoms with van der Waals surface area (Å²) in [5, 5.41) is 2.52. The molecule has 0 saturated carbocycles. The summed E-state index contributed by atoms with van der Waals surface area (Å²) in [4.78, 5) is 0.981. The molecule has 3 rings (SSSR count). The summed E-state index contributed by atoms with van der Waals surface area (Å²) >= 11 is 0. The summed E-state index contributed by atoms with van der Waals surface area (Å²) < 4.78 is 12.6. The van der Waals surface area contributed by atoms with Gasteiger partial charge in [0.15, 0.2) is 0 Å². The minimum atomic E-state index is -0.926. The molecule has 0 saturated heterocycles. The van der Waals surface area contributed by atoms with Gasteiger partial charge >= 0.3 is 0 Å². The minimum absolute atomic E-state index is 0. The molecule has 0 spiro atoms. The van der Waals surface area contributed by atoms with Gasteiger partial charge < -0.3 is 5.48 Å². The summed E-state index contributed by atoms with van der Waals surface area (Å²) in [6.07, 6.45) is 4.21. The molecule has 2 aromatic rings. The SMILES string of the molecule is CC(C)C1C=Cc2cc3ccccc3cc2S1=O.O. The molecule has 3 heteroatoms. The van der Waals surface area contributed by atoms with Gasteiger partial charge in [-0.2, -0.15) is 0 Å². The van der Waals surface area contributed by atoms with Crippen LogP contribution in [-0.4, -0.2) is 14.9 Å². The van der Waals surface area contributed by atoms with Crippen molar-refractivity contribution in [1.29, 1.82) is 0 Å². The summed E-state index contributed by atoms with van der Waals surface area (Å²) in [6, 6.07) is 12.5. The van der Waals surface area contributed by atoms with Crippen LogP contribution in [-0.2, 0) is 10.8 Å². The quantitative estimate of drug-likeness (QED) is 0.788. The third-order valence-electron chi connectivity index (χ3n) is 3.46. The lowest BCUT2D eigenvalue weighted by atomic mass is 10.0. The fourth-order valence-electron chi connectivity index (χ4n) is 2.43. The molecule has 0 fully saturated rings. The van der Waals surface area contributed by atoms with Crippen LogP contribution in [0.1, 0.15) is 19.4 Å². The van der Waals surface area contributed by atoms with Crippen LogP contribution in [0.2, 0.25) is 0 Å². The topological polar surface area (TPSA) is 48.6 Å². The van der Waals surface area contributed by atoms with Crippen molar-refractivity contribution >= 4 is 27.6 Å². The third kappa shape index (κ3) is 2.36. The predicted molar refractivity (Wildman–Crippen MR) is 81.6 cm³/mol. The van der Waals surface area contributed by atoms with Crippen molar-refractivity contribution in [2.45, 2.75) is 24.0 Å². The van der Waals surface area contributed by atoms with Crippen LogP contribution in [0.25, 0.3) is 16.8 Å². The van der Waals surface area contributed by atoms with Gasteiger partial charge in [0.05, 0.1) is 16.0 Å². The van der Waals surface area contributed by atoms with E-state index >= 15 is 0 Å². The van der Waals surface area contributed by atoms with Gasteiger partial charge in [-0.3, -0.25) is 4.21 Å². The summed E-state index contributed by atoms with van der Waals surface area (Å²) in [5.74, 6) is 0.404. The highest BCUT2D eigenvalue weighted by Gasteiger charge is 2.24. The highest BCUT2D eigenvalue weighted by Crippen LogP contribution is 2.31. The second kappa shape index (κ2) is 5.27. The van der Waals surface area contributed by atoms with Gasteiger partial charge in [0.1, 0.15) is 0 Å². The lowest BCUT2D eigenvalue weighted by Crippen LogP contribution is -2.22. The average molecular weight is 274 g/mol. The zero-order valence-corrected chi connectivity index (χ0v) is 11.9. The normalized spacial score (nSPS) is 21.2. The first kappa shape index (κ1) is 14.0. The fraction of sp³-hybridized carbons (Fsp3) is 0.250. The van der Waals surface area contributed by atoms with Gasteiger partial charge in [0, 0.05) is 4.90 Å². The number of hydrogen-bond donors (Lipinski definition) is 0. The Kier molecular flexibility index (Phi) is 3.88. The molecule has 1 heterocycles. The molecule has 2 unspecified atom stereocenters. The van der Waals surface area contributed by atoms with E-state index < -0.39 is 10.8 Å². The molecule has 0 bridgehead atoms. The predicted octanol–water partition coefficient (Wildman–Crippen LogP) is 3.17. The van der Waals surface area contributed by atoms with Crippen LogP contribution in [0.15, 0.2) is 47.4 Å². The molecule has 2 N–H and O–H groups in total. The molecule has 2 aromatic carbocycles. The number of fused-ring (bicyclic) bond motifs is 2. The first-order valence-electron chi connectivity index (χ1n) is 6.28. The van der Waals surface area contributed by atoms with E-state index in [1.165, 1.54) is 10.8 Å². The molecular weight excluding hydrogens is 256 g/mol. The van der Waals surface area contributed by atoms with Gasteiger partial charge in [-0.1, -0.05) is 50.3 Å². The van der Waals surface area contributed by atoms with Crippen LogP contribution in [0.3, 0.4) is 0 Å². The molecule has 0 aliphatic carbocycles. The van der Waals surface area contributed by atoms with Crippen molar-refractivity contribution < 1.29 is 9.69 Å². The van der Waals surface area contributed by atoms with Gasteiger partial charge in [-0.15, -0.1) is 0 Å². The Morgan fingerprint density at radius 2 is 1.74 bits per heavy atom. The zero-order valence-electron chi connectivity index (χ0n) is 11.1. The van der Waals surface area contributed by atoms with Gasteiger partial charge in [-0.05, 0) is 34.4 Å². The van der Waals surface area contributed by atoms with E-state index in [1.807, 2.05) is 12.1 Å². The van der Waals surface area contributed by atoms with E-state index in [9.17, 15) is 4.21 Å². The van der Waals surface area contributed by atoms with Crippen LogP contribution >= 0.6 is 0 Å². The standard InChI is InChI=1S/C16H16OS.H2O/c1-11(2)15-8-7-14-9-12-5-3-4-6-13(12)10-16(14)18(15)17;/h3-11,15H,1-2H3;1H2. The van der Waals surface area contributed by atoms with Crippen molar-refractivity contribution in [2.75, 3.05) is 0 Å². The Bertz CT molecular complexity index is 659. The van der Waals surface area contributed by atoms with Crippen LogP contribution in [0, 0.1) is 5.92 Å².